The molecule has 5 rings (SSSR count). The van der Waals surface area contributed by atoms with Crippen LogP contribution in [0.25, 0.3) is 10.2 Å². The third-order valence-corrected chi connectivity index (χ3v) is 5.78. The lowest BCUT2D eigenvalue weighted by molar-refractivity contribution is 0.174. The molecule has 0 saturated heterocycles. The Morgan fingerprint density at radius 3 is 3.08 bits per heavy atom. The Hall–Kier alpha value is -2.34. The number of ether oxygens (including phenoxy) is 3. The molecule has 5 nitrogen and oxygen atoms in total. The normalized spacial score (nSPS) is 18.6. The molecule has 2 aliphatic rings. The van der Waals surface area contributed by atoms with Gasteiger partial charge in [-0.15, -0.1) is 11.3 Å². The topological polar surface area (TPSA) is 53.5 Å². The maximum Gasteiger partial charge on any atom is 0.231 e. The highest BCUT2D eigenvalue weighted by Gasteiger charge is 2.24. The molecule has 6 heteroatoms. The molecule has 1 aliphatic heterocycles. The minimum Gasteiger partial charge on any atom is -0.454 e. The van der Waals surface area contributed by atoms with Crippen molar-refractivity contribution in [3.05, 3.63) is 35.0 Å². The monoisotopic (exact) mass is 340 g/mol. The van der Waals surface area contributed by atoms with Gasteiger partial charge in [0.25, 0.3) is 0 Å². The highest BCUT2D eigenvalue weighted by Crippen LogP contribution is 2.42. The quantitative estimate of drug-likeness (QED) is 0.695. The Balaban J connectivity index is 1.57. The molecule has 0 N–H and O–H groups in total. The summed E-state index contributed by atoms with van der Waals surface area (Å²) in [6.07, 6.45) is 4.98. The van der Waals surface area contributed by atoms with Crippen LogP contribution >= 0.6 is 11.3 Å². The van der Waals surface area contributed by atoms with Crippen LogP contribution in [0, 0.1) is 5.92 Å². The van der Waals surface area contributed by atoms with Gasteiger partial charge in [-0.2, -0.15) is 0 Å². The lowest BCUT2D eigenvalue weighted by atomic mass is 9.89. The summed E-state index contributed by atoms with van der Waals surface area (Å²) in [5, 5.41) is 1.07. The summed E-state index contributed by atoms with van der Waals surface area (Å²) in [7, 11) is 0. The van der Waals surface area contributed by atoms with Crippen molar-refractivity contribution in [1.29, 1.82) is 0 Å². The van der Waals surface area contributed by atoms with E-state index in [9.17, 15) is 0 Å². The molecule has 2 aromatic heterocycles. The molecule has 1 aromatic carbocycles. The highest BCUT2D eigenvalue weighted by molar-refractivity contribution is 7.18. The van der Waals surface area contributed by atoms with Gasteiger partial charge >= 0.3 is 0 Å². The van der Waals surface area contributed by atoms with E-state index in [0.717, 1.165) is 34.7 Å². The lowest BCUT2D eigenvalue weighted by Gasteiger charge is -2.18. The van der Waals surface area contributed by atoms with Crippen LogP contribution in [0.2, 0.25) is 0 Å². The third kappa shape index (κ3) is 2.21. The van der Waals surface area contributed by atoms with Gasteiger partial charge in [-0.1, -0.05) is 6.92 Å². The van der Waals surface area contributed by atoms with E-state index in [2.05, 4.69) is 16.9 Å². The van der Waals surface area contributed by atoms with Crippen LogP contribution in [0.3, 0.4) is 0 Å². The number of thiophene rings is 1. The van der Waals surface area contributed by atoms with Crippen LogP contribution in [0.1, 0.15) is 23.8 Å². The predicted octanol–water partition coefficient (Wildman–Crippen LogP) is 4.34. The second-order valence-electron chi connectivity index (χ2n) is 6.33. The predicted molar refractivity (Wildman–Crippen MR) is 91.2 cm³/mol. The van der Waals surface area contributed by atoms with Crippen LogP contribution < -0.4 is 14.2 Å². The molecule has 0 fully saturated rings. The first kappa shape index (κ1) is 14.0. The molecule has 1 unspecified atom stereocenters. The molecule has 3 heterocycles. The van der Waals surface area contributed by atoms with E-state index in [0.29, 0.717) is 17.4 Å². The summed E-state index contributed by atoms with van der Waals surface area (Å²) >= 11 is 1.77. The van der Waals surface area contributed by atoms with Crippen LogP contribution in [0.5, 0.6) is 23.1 Å². The summed E-state index contributed by atoms with van der Waals surface area (Å²) in [6.45, 7) is 2.57. The van der Waals surface area contributed by atoms with Crippen LogP contribution in [0.4, 0.5) is 0 Å². The van der Waals surface area contributed by atoms with Crippen molar-refractivity contribution in [3.63, 3.8) is 0 Å². The van der Waals surface area contributed by atoms with Crippen LogP contribution in [-0.4, -0.2) is 16.8 Å². The lowest BCUT2D eigenvalue weighted by Crippen LogP contribution is -2.08. The summed E-state index contributed by atoms with van der Waals surface area (Å²) in [4.78, 5) is 11.3. The van der Waals surface area contributed by atoms with Gasteiger partial charge in [0.2, 0.25) is 12.7 Å². The van der Waals surface area contributed by atoms with Gasteiger partial charge in [0.15, 0.2) is 11.5 Å². The summed E-state index contributed by atoms with van der Waals surface area (Å²) in [5.41, 5.74) is 1.37. The van der Waals surface area contributed by atoms with E-state index in [1.54, 1.807) is 17.7 Å². The smallest absolute Gasteiger partial charge is 0.231 e. The number of fused-ring (bicyclic) bond motifs is 4. The maximum atomic E-state index is 6.09. The van der Waals surface area contributed by atoms with Crippen molar-refractivity contribution < 1.29 is 14.2 Å². The van der Waals surface area contributed by atoms with Gasteiger partial charge in [0, 0.05) is 10.9 Å². The van der Waals surface area contributed by atoms with Crippen molar-refractivity contribution in [2.24, 2.45) is 5.92 Å². The van der Waals surface area contributed by atoms with Crippen LogP contribution in [-0.2, 0) is 12.8 Å². The Morgan fingerprint density at radius 1 is 1.21 bits per heavy atom. The zero-order chi connectivity index (χ0) is 16.1. The molecule has 24 heavy (non-hydrogen) atoms. The van der Waals surface area contributed by atoms with Gasteiger partial charge in [-0.25, -0.2) is 9.97 Å². The molecule has 3 aromatic rings. The molecule has 1 aliphatic carbocycles. The molecule has 0 saturated carbocycles. The number of nitrogens with zero attached hydrogens (tertiary/aromatic N) is 2. The van der Waals surface area contributed by atoms with E-state index in [-0.39, 0.29) is 6.79 Å². The molecule has 0 spiro atoms. The SMILES string of the molecule is CC1CCc2c(sc3ncnc(Oc4ccc5c(c4)OCO5)c23)C1. The second-order valence-corrected chi connectivity index (χ2v) is 7.41. The molecule has 1 atom stereocenters. The molecular weight excluding hydrogens is 324 g/mol. The standard InChI is InChI=1S/C18H16N2O3S/c1-10-2-4-12-15(6-10)24-18-16(12)17(19-8-20-18)23-11-3-5-13-14(7-11)22-9-21-13/h3,5,7-8,10H,2,4,6,9H2,1H3. The van der Waals surface area contributed by atoms with Crippen molar-refractivity contribution >= 4 is 21.6 Å². The number of benzene rings is 1. The van der Waals surface area contributed by atoms with E-state index in [1.165, 1.54) is 16.9 Å². The zero-order valence-electron chi connectivity index (χ0n) is 13.2. The zero-order valence-corrected chi connectivity index (χ0v) is 14.1. The summed E-state index contributed by atoms with van der Waals surface area (Å²) in [6, 6.07) is 5.58. The Bertz CT molecular complexity index is 937. The number of rotatable bonds is 2. The number of hydrogen-bond acceptors (Lipinski definition) is 6. The van der Waals surface area contributed by atoms with Crippen molar-refractivity contribution in [2.75, 3.05) is 6.79 Å². The Labute approximate surface area is 143 Å². The van der Waals surface area contributed by atoms with E-state index in [1.807, 2.05) is 18.2 Å². The largest absolute Gasteiger partial charge is 0.454 e. The summed E-state index contributed by atoms with van der Waals surface area (Å²) in [5.74, 6) is 3.52. The first-order valence-corrected chi connectivity index (χ1v) is 8.92. The average Bonchev–Trinajstić information content (AvgIpc) is 3.18. The van der Waals surface area contributed by atoms with Crippen molar-refractivity contribution in [1.82, 2.24) is 9.97 Å². The molecule has 122 valence electrons. The Kier molecular flexibility index (Phi) is 3.13. The highest BCUT2D eigenvalue weighted by atomic mass is 32.1. The van der Waals surface area contributed by atoms with E-state index < -0.39 is 0 Å². The fourth-order valence-electron chi connectivity index (χ4n) is 3.38. The molecule has 0 bridgehead atoms. The number of aryl methyl sites for hydroxylation is 1. The third-order valence-electron chi connectivity index (χ3n) is 4.62. The van der Waals surface area contributed by atoms with Crippen molar-refractivity contribution in [2.45, 2.75) is 26.2 Å². The van der Waals surface area contributed by atoms with Gasteiger partial charge in [-0.3, -0.25) is 0 Å². The van der Waals surface area contributed by atoms with Gasteiger partial charge in [0.1, 0.15) is 16.9 Å². The summed E-state index contributed by atoms with van der Waals surface area (Å²) < 4.78 is 16.9. The maximum absolute atomic E-state index is 6.09. The minimum atomic E-state index is 0.257. The van der Waals surface area contributed by atoms with Crippen molar-refractivity contribution in [3.8, 4) is 23.1 Å². The van der Waals surface area contributed by atoms with Gasteiger partial charge in [0.05, 0.1) is 5.39 Å². The van der Waals surface area contributed by atoms with Crippen LogP contribution in [0.15, 0.2) is 24.5 Å². The fraction of sp³-hybridized carbons (Fsp3) is 0.333. The van der Waals surface area contributed by atoms with E-state index in [4.69, 9.17) is 14.2 Å². The molecule has 0 radical (unpaired) electrons. The first-order chi connectivity index (χ1) is 11.8. The second kappa shape index (κ2) is 5.34. The van der Waals surface area contributed by atoms with Gasteiger partial charge in [-0.05, 0) is 42.9 Å². The van der Waals surface area contributed by atoms with Gasteiger partial charge < -0.3 is 14.2 Å². The minimum absolute atomic E-state index is 0.257. The van der Waals surface area contributed by atoms with E-state index >= 15 is 0 Å². The number of aromatic nitrogens is 2. The first-order valence-electron chi connectivity index (χ1n) is 8.10. The number of hydrogen-bond donors (Lipinski definition) is 0. The molecule has 0 amide bonds. The Morgan fingerprint density at radius 2 is 2.12 bits per heavy atom. The fourth-order valence-corrected chi connectivity index (χ4v) is 4.72. The molecular formula is C18H16N2O3S. The average molecular weight is 340 g/mol.